The summed E-state index contributed by atoms with van der Waals surface area (Å²) in [7, 11) is -4.00. The lowest BCUT2D eigenvalue weighted by atomic mass is 9.53. The number of allylic oxidation sites excluding steroid dienone is 2. The van der Waals surface area contributed by atoms with Gasteiger partial charge in [0.15, 0.2) is 0 Å². The van der Waals surface area contributed by atoms with Crippen LogP contribution in [0.1, 0.15) is 26.2 Å². The first-order valence-corrected chi connectivity index (χ1v) is 9.24. The molecule has 6 nitrogen and oxygen atoms in total. The van der Waals surface area contributed by atoms with Crippen molar-refractivity contribution < 1.29 is 22.9 Å². The third kappa shape index (κ3) is 4.03. The van der Waals surface area contributed by atoms with Gasteiger partial charge in [-0.15, -0.1) is 0 Å². The van der Waals surface area contributed by atoms with E-state index in [2.05, 4.69) is 13.0 Å². The Hall–Kier alpha value is -1.70. The minimum atomic E-state index is -4.00. The largest absolute Gasteiger partial charge is 0.481 e. The molecule has 3 atom stereocenters. The number of nitrogens with two attached hydrogens (primary N) is 1. The Balaban J connectivity index is 0.000000185. The highest BCUT2D eigenvalue weighted by Crippen LogP contribution is 2.59. The molecule has 24 heavy (non-hydrogen) atoms. The summed E-state index contributed by atoms with van der Waals surface area (Å²) in [5, 5.41) is 8.85. The second-order valence-corrected chi connectivity index (χ2v) is 8.05. The molecule has 2 aliphatic carbocycles. The van der Waals surface area contributed by atoms with E-state index in [4.69, 9.17) is 15.4 Å². The number of rotatable bonds is 4. The molecule has 2 aliphatic rings. The van der Waals surface area contributed by atoms with E-state index in [1.807, 2.05) is 0 Å². The van der Waals surface area contributed by atoms with E-state index in [1.165, 1.54) is 17.7 Å². The SMILES string of the molecule is CC1=C[C@H]2[C@@H](C1)C[C@@]2(CN)CC(=O)O.O=S(=O)(O)c1ccccc1. The monoisotopic (exact) mass is 353 g/mol. The molecule has 0 spiro atoms. The molecule has 1 fully saturated rings. The van der Waals surface area contributed by atoms with Crippen LogP contribution in [-0.4, -0.2) is 30.6 Å². The van der Waals surface area contributed by atoms with Crippen LogP contribution in [0.4, 0.5) is 0 Å². The van der Waals surface area contributed by atoms with Crippen LogP contribution in [0.3, 0.4) is 0 Å². The van der Waals surface area contributed by atoms with Gasteiger partial charge in [0.2, 0.25) is 0 Å². The van der Waals surface area contributed by atoms with Gasteiger partial charge in [0.25, 0.3) is 10.1 Å². The Morgan fingerprint density at radius 3 is 2.38 bits per heavy atom. The number of fused-ring (bicyclic) bond motifs is 1. The van der Waals surface area contributed by atoms with Crippen molar-refractivity contribution in [2.45, 2.75) is 31.1 Å². The first-order valence-electron chi connectivity index (χ1n) is 7.79. The summed E-state index contributed by atoms with van der Waals surface area (Å²) in [6.07, 6.45) is 4.61. The molecule has 0 amide bonds. The average molecular weight is 353 g/mol. The van der Waals surface area contributed by atoms with Crippen LogP contribution in [0.15, 0.2) is 46.9 Å². The minimum Gasteiger partial charge on any atom is -0.481 e. The maximum atomic E-state index is 10.8. The van der Waals surface area contributed by atoms with Crippen molar-refractivity contribution in [1.29, 1.82) is 0 Å². The van der Waals surface area contributed by atoms with Crippen molar-refractivity contribution in [2.24, 2.45) is 23.0 Å². The molecule has 0 aliphatic heterocycles. The van der Waals surface area contributed by atoms with Gasteiger partial charge in [-0.25, -0.2) is 0 Å². The summed E-state index contributed by atoms with van der Waals surface area (Å²) in [4.78, 5) is 10.7. The Labute approximate surface area is 142 Å². The number of hydrogen-bond donors (Lipinski definition) is 3. The summed E-state index contributed by atoms with van der Waals surface area (Å²) >= 11 is 0. The van der Waals surface area contributed by atoms with Crippen LogP contribution in [0.2, 0.25) is 0 Å². The van der Waals surface area contributed by atoms with E-state index in [0.717, 1.165) is 12.8 Å². The molecule has 4 N–H and O–H groups in total. The van der Waals surface area contributed by atoms with E-state index < -0.39 is 16.1 Å². The quantitative estimate of drug-likeness (QED) is 0.565. The van der Waals surface area contributed by atoms with Gasteiger partial charge in [-0.3, -0.25) is 9.35 Å². The third-order valence-electron chi connectivity index (χ3n) is 4.88. The zero-order valence-electron chi connectivity index (χ0n) is 13.6. The molecule has 1 saturated carbocycles. The normalized spacial score (nSPS) is 28.0. The van der Waals surface area contributed by atoms with Gasteiger partial charge in [0, 0.05) is 0 Å². The first-order chi connectivity index (χ1) is 11.2. The highest BCUT2D eigenvalue weighted by Gasteiger charge is 2.54. The second kappa shape index (κ2) is 7.04. The van der Waals surface area contributed by atoms with E-state index in [9.17, 15) is 13.2 Å². The van der Waals surface area contributed by atoms with Crippen molar-refractivity contribution in [3.05, 3.63) is 42.0 Å². The second-order valence-electron chi connectivity index (χ2n) is 6.63. The lowest BCUT2D eigenvalue weighted by Crippen LogP contribution is -2.51. The predicted octanol–water partition coefficient (Wildman–Crippen LogP) is 2.33. The highest BCUT2D eigenvalue weighted by atomic mass is 32.2. The molecule has 0 saturated heterocycles. The number of carboxylic acid groups (broad SMARTS) is 1. The van der Waals surface area contributed by atoms with Crippen LogP contribution in [0, 0.1) is 17.3 Å². The molecule has 0 radical (unpaired) electrons. The minimum absolute atomic E-state index is 0.0741. The van der Waals surface area contributed by atoms with Crippen LogP contribution in [-0.2, 0) is 14.9 Å². The molecule has 7 heteroatoms. The molecule has 3 rings (SSSR count). The fraction of sp³-hybridized carbons (Fsp3) is 0.471. The highest BCUT2D eigenvalue weighted by molar-refractivity contribution is 7.85. The van der Waals surface area contributed by atoms with Gasteiger partial charge in [0.05, 0.1) is 11.3 Å². The molecule has 0 heterocycles. The molecule has 0 unspecified atom stereocenters. The Kier molecular flexibility index (Phi) is 5.47. The average Bonchev–Trinajstić information content (AvgIpc) is 2.82. The van der Waals surface area contributed by atoms with Crippen LogP contribution >= 0.6 is 0 Å². The van der Waals surface area contributed by atoms with Crippen LogP contribution < -0.4 is 5.73 Å². The van der Waals surface area contributed by atoms with Gasteiger partial charge in [-0.1, -0.05) is 29.8 Å². The summed E-state index contributed by atoms with van der Waals surface area (Å²) in [6, 6.07) is 7.42. The summed E-state index contributed by atoms with van der Waals surface area (Å²) in [5.41, 5.74) is 7.00. The number of benzene rings is 1. The Bertz CT molecular complexity index is 729. The fourth-order valence-electron chi connectivity index (χ4n) is 3.80. The van der Waals surface area contributed by atoms with Crippen molar-refractivity contribution in [1.82, 2.24) is 0 Å². The van der Waals surface area contributed by atoms with Gasteiger partial charge >= 0.3 is 5.97 Å². The number of hydrogen-bond acceptors (Lipinski definition) is 4. The Morgan fingerprint density at radius 2 is 1.96 bits per heavy atom. The van der Waals surface area contributed by atoms with Gasteiger partial charge in [-0.2, -0.15) is 8.42 Å². The summed E-state index contributed by atoms with van der Waals surface area (Å²) < 4.78 is 29.2. The maximum absolute atomic E-state index is 10.8. The topological polar surface area (TPSA) is 118 Å². The Morgan fingerprint density at radius 1 is 1.33 bits per heavy atom. The van der Waals surface area contributed by atoms with Crippen molar-refractivity contribution in [2.75, 3.05) is 6.54 Å². The molecule has 0 bridgehead atoms. The molecule has 0 aromatic heterocycles. The number of carboxylic acids is 1. The molecule has 132 valence electrons. The lowest BCUT2D eigenvalue weighted by Gasteiger charge is -2.51. The molecular formula is C17H23NO5S. The molecule has 1 aromatic carbocycles. The van der Waals surface area contributed by atoms with Gasteiger partial charge in [-0.05, 0) is 55.7 Å². The van der Waals surface area contributed by atoms with Crippen molar-refractivity contribution in [3.8, 4) is 0 Å². The van der Waals surface area contributed by atoms with Crippen LogP contribution in [0.5, 0.6) is 0 Å². The zero-order chi connectivity index (χ0) is 18.0. The standard InChI is InChI=1S/C11H17NO2.C6H6O3S/c1-7-2-8-4-11(6-12,5-10(13)14)9(8)3-7;7-10(8,9)6-4-2-1-3-5-6/h3,8-9H,2,4-6,12H2,1H3,(H,13,14);1-5H,(H,7,8,9)/t8-,9-,11-;/m0./s1. The lowest BCUT2D eigenvalue weighted by molar-refractivity contribution is -0.144. The van der Waals surface area contributed by atoms with E-state index >= 15 is 0 Å². The van der Waals surface area contributed by atoms with Crippen LogP contribution in [0.25, 0.3) is 0 Å². The van der Waals surface area contributed by atoms with Crippen molar-refractivity contribution >= 4 is 16.1 Å². The zero-order valence-corrected chi connectivity index (χ0v) is 14.4. The van der Waals surface area contributed by atoms with Gasteiger partial charge < -0.3 is 10.8 Å². The van der Waals surface area contributed by atoms with Gasteiger partial charge in [0.1, 0.15) is 0 Å². The number of carbonyl (C=O) groups is 1. The molecular weight excluding hydrogens is 330 g/mol. The van der Waals surface area contributed by atoms with E-state index in [-0.39, 0.29) is 16.7 Å². The fourth-order valence-corrected chi connectivity index (χ4v) is 4.30. The summed E-state index contributed by atoms with van der Waals surface area (Å²) in [5.74, 6) is 0.397. The van der Waals surface area contributed by atoms with E-state index in [1.54, 1.807) is 18.2 Å². The van der Waals surface area contributed by atoms with E-state index in [0.29, 0.717) is 18.4 Å². The smallest absolute Gasteiger partial charge is 0.303 e. The summed E-state index contributed by atoms with van der Waals surface area (Å²) in [6.45, 7) is 2.63. The first kappa shape index (κ1) is 18.6. The predicted molar refractivity (Wildman–Crippen MR) is 90.0 cm³/mol. The molecule has 1 aromatic rings. The third-order valence-corrected chi connectivity index (χ3v) is 5.75. The van der Waals surface area contributed by atoms with Crippen molar-refractivity contribution in [3.63, 3.8) is 0 Å². The number of aliphatic carboxylic acids is 1. The maximum Gasteiger partial charge on any atom is 0.303 e.